The Kier molecular flexibility index (Phi) is 12.7. The lowest BCUT2D eigenvalue weighted by Crippen LogP contribution is -2.65. The highest BCUT2D eigenvalue weighted by Gasteiger charge is 2.60. The summed E-state index contributed by atoms with van der Waals surface area (Å²) in [5.74, 6) is 0. The Balaban J connectivity index is 3.76. The summed E-state index contributed by atoms with van der Waals surface area (Å²) in [6.45, 7) is 0. The van der Waals surface area contributed by atoms with Gasteiger partial charge in [0.05, 0.1) is 0 Å². The Morgan fingerprint density at radius 3 is 0.875 bits per heavy atom. The Bertz CT molecular complexity index is 1230. The summed E-state index contributed by atoms with van der Waals surface area (Å²) in [5, 5.41) is 20.9. The van der Waals surface area contributed by atoms with Gasteiger partial charge in [0.25, 0.3) is 0 Å². The topological polar surface area (TPSA) is 447 Å². The van der Waals surface area contributed by atoms with E-state index in [0.29, 0.717) is 0 Å². The van der Waals surface area contributed by atoms with Crippen molar-refractivity contribution in [2.75, 3.05) is 0 Å². The van der Waals surface area contributed by atoms with Crippen molar-refractivity contribution >= 4 is 54.8 Å². The number of phosphoric acid groups is 7. The maximum Gasteiger partial charge on any atom is 0.481 e. The first-order chi connectivity index (χ1) is 17.3. The lowest BCUT2D eigenvalue weighted by Gasteiger charge is -2.46. The molecule has 0 aromatic heterocycles. The largest absolute Gasteiger partial charge is 0.481 e. The smallest absolute Gasteiger partial charge is 0.387 e. The molecule has 9 atom stereocenters. The molecule has 0 heterocycles. The van der Waals surface area contributed by atoms with E-state index in [1.807, 2.05) is 0 Å². The van der Waals surface area contributed by atoms with Gasteiger partial charge in [0, 0.05) is 0 Å². The van der Waals surface area contributed by atoms with Gasteiger partial charge in [0.15, 0.2) is 0 Å². The van der Waals surface area contributed by atoms with Crippen molar-refractivity contribution in [1.82, 2.24) is 0 Å². The molecule has 0 aromatic carbocycles. The Morgan fingerprint density at radius 1 is 0.350 bits per heavy atom. The molecular formula is C6H19O27P7. The van der Waals surface area contributed by atoms with Crippen LogP contribution in [0.2, 0.25) is 0 Å². The minimum absolute atomic E-state index is 3.08. The summed E-state index contributed by atoms with van der Waals surface area (Å²) in [4.78, 5) is 99.3. The van der Waals surface area contributed by atoms with Crippen LogP contribution in [0.25, 0.3) is 0 Å². The average molecular weight is 740 g/mol. The van der Waals surface area contributed by atoms with Gasteiger partial charge in [-0.05, 0) is 0 Å². The van der Waals surface area contributed by atoms with Crippen molar-refractivity contribution in [2.24, 2.45) is 0 Å². The molecular weight excluding hydrogens is 721 g/mol. The zero-order chi connectivity index (χ0) is 31.9. The number of phosphoric ester groups is 4. The minimum Gasteiger partial charge on any atom is -0.387 e. The molecule has 240 valence electrons. The summed E-state index contributed by atoms with van der Waals surface area (Å²) >= 11 is 0. The van der Waals surface area contributed by atoms with E-state index in [1.54, 1.807) is 0 Å². The van der Waals surface area contributed by atoms with E-state index < -0.39 is 91.4 Å². The monoisotopic (exact) mass is 740 g/mol. The van der Waals surface area contributed by atoms with Crippen LogP contribution >= 0.6 is 54.8 Å². The van der Waals surface area contributed by atoms with Crippen molar-refractivity contribution in [3.05, 3.63) is 0 Å². The Hall–Kier alpha value is 0.810. The molecule has 27 nitrogen and oxygen atoms in total. The van der Waals surface area contributed by atoms with Crippen molar-refractivity contribution in [3.63, 3.8) is 0 Å². The molecule has 1 rings (SSSR count). The second kappa shape index (κ2) is 13.0. The van der Waals surface area contributed by atoms with Crippen molar-refractivity contribution in [1.29, 1.82) is 0 Å². The average Bonchev–Trinajstić information content (AvgIpc) is 2.58. The van der Waals surface area contributed by atoms with E-state index in [2.05, 4.69) is 31.0 Å². The van der Waals surface area contributed by atoms with Crippen molar-refractivity contribution in [3.8, 4) is 0 Å². The molecule has 0 saturated heterocycles. The number of hydrogen-bond donors (Lipinski definition) is 13. The Morgan fingerprint density at radius 2 is 0.600 bits per heavy atom. The Labute approximate surface area is 219 Å². The predicted molar refractivity (Wildman–Crippen MR) is 112 cm³/mol. The van der Waals surface area contributed by atoms with Crippen LogP contribution in [0.5, 0.6) is 0 Å². The quantitative estimate of drug-likeness (QED) is 0.0788. The van der Waals surface area contributed by atoms with Crippen LogP contribution in [0.1, 0.15) is 0 Å². The van der Waals surface area contributed by atoms with Gasteiger partial charge in [0.2, 0.25) is 0 Å². The van der Waals surface area contributed by atoms with E-state index in [9.17, 15) is 56.8 Å². The first kappa shape index (κ1) is 38.8. The molecule has 0 aromatic rings. The van der Waals surface area contributed by atoms with Crippen molar-refractivity contribution < 1.29 is 127 Å². The highest BCUT2D eigenvalue weighted by Crippen LogP contribution is 2.64. The fourth-order valence-corrected chi connectivity index (χ4v) is 8.63. The molecule has 34 heteroatoms. The minimum atomic E-state index is -6.32. The van der Waals surface area contributed by atoms with E-state index in [4.69, 9.17) is 39.1 Å². The molecule has 0 aliphatic heterocycles. The summed E-state index contributed by atoms with van der Waals surface area (Å²) in [7, 11) is -42.8. The zero-order valence-electron chi connectivity index (χ0n) is 18.1. The SMILES string of the molecule is O=P(O)(O)O[C@H]1[C@H](O)[C@@H](OP(=O)(O)OP(=O)(O)O)[C@@H](O)[C@@H](OP(=O)(O)OP(=O)(O)O)[C@@H]1OP(=O)(O)OP(=O)(O)O. The molecule has 0 amide bonds. The maximum absolute atomic E-state index is 12.1. The third kappa shape index (κ3) is 14.1. The van der Waals surface area contributed by atoms with Gasteiger partial charge in [-0.1, -0.05) is 0 Å². The first-order valence-corrected chi connectivity index (χ1v) is 19.4. The molecule has 3 unspecified atom stereocenters. The first-order valence-electron chi connectivity index (χ1n) is 8.76. The fraction of sp³-hybridized carbons (Fsp3) is 1.00. The van der Waals surface area contributed by atoms with Crippen LogP contribution in [-0.4, -0.2) is 101 Å². The lowest BCUT2D eigenvalue weighted by atomic mass is 9.85. The second-order valence-electron chi connectivity index (χ2n) is 6.87. The van der Waals surface area contributed by atoms with Crippen LogP contribution in [0.15, 0.2) is 0 Å². The van der Waals surface area contributed by atoms with E-state index >= 15 is 0 Å². The van der Waals surface area contributed by atoms with E-state index in [-0.39, 0.29) is 0 Å². The molecule has 40 heavy (non-hydrogen) atoms. The highest BCUT2D eigenvalue weighted by atomic mass is 31.3. The molecule has 0 bridgehead atoms. The lowest BCUT2D eigenvalue weighted by molar-refractivity contribution is -0.208. The molecule has 1 aliphatic carbocycles. The number of hydrogen-bond acceptors (Lipinski definition) is 16. The summed E-state index contributed by atoms with van der Waals surface area (Å²) < 4.78 is 107. The van der Waals surface area contributed by atoms with Gasteiger partial charge in [-0.25, -0.2) is 32.0 Å². The van der Waals surface area contributed by atoms with E-state index in [0.717, 1.165) is 0 Å². The van der Waals surface area contributed by atoms with Gasteiger partial charge < -0.3 is 64.0 Å². The fourth-order valence-electron chi connectivity index (χ4n) is 2.72. The third-order valence-corrected chi connectivity index (χ3v) is 10.7. The van der Waals surface area contributed by atoms with Crippen LogP contribution < -0.4 is 0 Å². The molecule has 0 radical (unpaired) electrons. The molecule has 0 spiro atoms. The normalized spacial score (nSPS) is 31.6. The summed E-state index contributed by atoms with van der Waals surface area (Å²) in [6.07, 6.45) is -19.0. The number of aliphatic hydroxyl groups is 2. The molecule has 1 fully saturated rings. The summed E-state index contributed by atoms with van der Waals surface area (Å²) in [5.41, 5.74) is 0. The maximum atomic E-state index is 12.1. The second-order valence-corrected chi connectivity index (χ2v) is 16.4. The van der Waals surface area contributed by atoms with Gasteiger partial charge in [-0.2, -0.15) is 12.9 Å². The van der Waals surface area contributed by atoms with Crippen LogP contribution in [0, 0.1) is 0 Å². The standard InChI is InChI=1S/C6H19O27P7/c7-1-3(28-38(21,22)31-35(12,13)14)2(8)5(29-39(23,24)32-36(15,16)17)6(4(1)27-34(9,10)11)30-40(25,26)33-37(18,19)20/h1-8H,(H,21,22)(H,23,24)(H,25,26)(H2,9,10,11)(H2,12,13,14)(H2,15,16,17)(H2,18,19,20)/t1-,2-,3-,4+,5-,6-/m1/s1. The van der Waals surface area contributed by atoms with Crippen LogP contribution in [-0.2, 0) is 63.0 Å². The number of aliphatic hydroxyl groups excluding tert-OH is 2. The number of rotatable bonds is 14. The van der Waals surface area contributed by atoms with Crippen molar-refractivity contribution in [2.45, 2.75) is 36.6 Å². The molecule has 13 N–H and O–H groups in total. The van der Waals surface area contributed by atoms with Gasteiger partial charge in [-0.15, -0.1) is 0 Å². The predicted octanol–water partition coefficient (Wildman–Crippen LogP) is -3.02. The van der Waals surface area contributed by atoms with Gasteiger partial charge in [-0.3, -0.25) is 18.1 Å². The van der Waals surface area contributed by atoms with Gasteiger partial charge >= 0.3 is 54.8 Å². The molecule has 1 saturated carbocycles. The highest BCUT2D eigenvalue weighted by molar-refractivity contribution is 7.61. The molecule has 1 aliphatic rings. The third-order valence-electron chi connectivity index (χ3n) is 3.65. The summed E-state index contributed by atoms with van der Waals surface area (Å²) in [6, 6.07) is 0. The van der Waals surface area contributed by atoms with Crippen LogP contribution in [0.4, 0.5) is 0 Å². The van der Waals surface area contributed by atoms with E-state index in [1.165, 1.54) is 0 Å². The van der Waals surface area contributed by atoms with Crippen LogP contribution in [0.3, 0.4) is 0 Å². The zero-order valence-corrected chi connectivity index (χ0v) is 24.4. The van der Waals surface area contributed by atoms with Gasteiger partial charge in [0.1, 0.15) is 36.6 Å².